The largest absolute Gasteiger partial charge is 0.321 e. The molecule has 9 heteroatoms. The normalized spacial score (nSPS) is 12.4. The predicted molar refractivity (Wildman–Crippen MR) is 93.9 cm³/mol. The van der Waals surface area contributed by atoms with Crippen molar-refractivity contribution < 1.29 is 36.3 Å². The fraction of sp³-hybridized carbons (Fsp3) is 0. The number of nitrogens with one attached hydrogen (secondary N) is 1. The van der Waals surface area contributed by atoms with Gasteiger partial charge in [-0.1, -0.05) is 36.4 Å². The summed E-state index contributed by atoms with van der Waals surface area (Å²) in [7, 11) is 0. The third kappa shape index (κ3) is 2.70. The van der Waals surface area contributed by atoms with E-state index >= 15 is 0 Å². The van der Waals surface area contributed by atoms with Crippen LogP contribution in [0.3, 0.4) is 0 Å². The summed E-state index contributed by atoms with van der Waals surface area (Å²) in [4.78, 5) is 37.9. The smallest absolute Gasteiger partial charge is 0.261 e. The van der Waals surface area contributed by atoms with Gasteiger partial charge in [0.05, 0.1) is 11.3 Å². The van der Waals surface area contributed by atoms with Crippen molar-refractivity contribution in [3.05, 3.63) is 99.4 Å². The van der Waals surface area contributed by atoms with Gasteiger partial charge in [0.25, 0.3) is 5.91 Å². The second-order valence-corrected chi connectivity index (χ2v) is 6.33. The predicted octanol–water partition coefficient (Wildman–Crippen LogP) is 4.41. The van der Waals surface area contributed by atoms with Gasteiger partial charge in [0.15, 0.2) is 34.8 Å². The van der Waals surface area contributed by atoms with Crippen molar-refractivity contribution in [1.82, 2.24) is 0 Å². The Morgan fingerprint density at radius 1 is 0.633 bits per heavy atom. The average molecular weight is 417 g/mol. The number of fused-ring (bicyclic) bond motifs is 2. The molecule has 0 radical (unpaired) electrons. The first-order valence-corrected chi connectivity index (χ1v) is 8.38. The Labute approximate surface area is 164 Å². The van der Waals surface area contributed by atoms with E-state index < -0.39 is 52.1 Å². The molecule has 0 aromatic heterocycles. The second-order valence-electron chi connectivity index (χ2n) is 6.33. The number of carbonyl (C=O) groups excluding carboxylic acids is 3. The number of carbonyl (C=O) groups is 3. The summed E-state index contributed by atoms with van der Waals surface area (Å²) in [5.41, 5.74) is -2.16. The van der Waals surface area contributed by atoms with Crippen LogP contribution in [0.4, 0.5) is 27.6 Å². The summed E-state index contributed by atoms with van der Waals surface area (Å²) in [6.07, 6.45) is 0. The summed E-state index contributed by atoms with van der Waals surface area (Å²) < 4.78 is 67.9. The monoisotopic (exact) mass is 417 g/mol. The van der Waals surface area contributed by atoms with Crippen molar-refractivity contribution in [3.63, 3.8) is 0 Å². The molecule has 0 spiro atoms. The molecular formula is C21H8F5NO3. The molecule has 3 aromatic rings. The van der Waals surface area contributed by atoms with Gasteiger partial charge in [0.2, 0.25) is 5.82 Å². The number of anilines is 1. The van der Waals surface area contributed by atoms with Crippen molar-refractivity contribution in [3.8, 4) is 0 Å². The van der Waals surface area contributed by atoms with Crippen molar-refractivity contribution in [1.29, 1.82) is 0 Å². The SMILES string of the molecule is O=C1c2ccccc2C(=O)c2c(NC(=O)c3c(F)c(F)c(F)c(F)c3F)cccc21. The zero-order valence-corrected chi connectivity index (χ0v) is 14.7. The average Bonchev–Trinajstić information content (AvgIpc) is 2.74. The summed E-state index contributed by atoms with van der Waals surface area (Å²) in [6.45, 7) is 0. The fourth-order valence-electron chi connectivity index (χ4n) is 3.24. The maximum Gasteiger partial charge on any atom is 0.261 e. The molecule has 0 aliphatic heterocycles. The molecule has 150 valence electrons. The van der Waals surface area contributed by atoms with Crippen LogP contribution >= 0.6 is 0 Å². The van der Waals surface area contributed by atoms with Gasteiger partial charge in [0.1, 0.15) is 5.56 Å². The Morgan fingerprint density at radius 3 is 1.73 bits per heavy atom. The first kappa shape index (κ1) is 19.4. The van der Waals surface area contributed by atoms with Gasteiger partial charge in [-0.25, -0.2) is 22.0 Å². The van der Waals surface area contributed by atoms with E-state index in [1.165, 1.54) is 36.4 Å². The molecule has 0 bridgehead atoms. The third-order valence-electron chi connectivity index (χ3n) is 4.64. The van der Waals surface area contributed by atoms with Crippen LogP contribution in [0.5, 0.6) is 0 Å². The highest BCUT2D eigenvalue weighted by atomic mass is 19.2. The number of hydrogen-bond donors (Lipinski definition) is 1. The molecule has 3 aromatic carbocycles. The van der Waals surface area contributed by atoms with Crippen LogP contribution in [-0.2, 0) is 0 Å². The summed E-state index contributed by atoms with van der Waals surface area (Å²) >= 11 is 0. The molecule has 0 saturated heterocycles. The molecule has 1 amide bonds. The van der Waals surface area contributed by atoms with E-state index in [-0.39, 0.29) is 27.9 Å². The molecule has 1 aliphatic rings. The van der Waals surface area contributed by atoms with E-state index in [9.17, 15) is 36.3 Å². The van der Waals surface area contributed by atoms with Gasteiger partial charge in [-0.05, 0) is 6.07 Å². The molecule has 30 heavy (non-hydrogen) atoms. The minimum absolute atomic E-state index is 0.0490. The molecule has 0 fully saturated rings. The lowest BCUT2D eigenvalue weighted by Crippen LogP contribution is -2.25. The number of amides is 1. The van der Waals surface area contributed by atoms with Crippen molar-refractivity contribution in [2.45, 2.75) is 0 Å². The van der Waals surface area contributed by atoms with E-state index in [1.54, 1.807) is 6.07 Å². The van der Waals surface area contributed by atoms with Crippen LogP contribution in [0.2, 0.25) is 0 Å². The highest BCUT2D eigenvalue weighted by Gasteiger charge is 2.34. The van der Waals surface area contributed by atoms with Crippen LogP contribution < -0.4 is 5.32 Å². The third-order valence-corrected chi connectivity index (χ3v) is 4.64. The number of benzene rings is 3. The maximum atomic E-state index is 13.9. The Balaban J connectivity index is 1.82. The van der Waals surface area contributed by atoms with Gasteiger partial charge in [0, 0.05) is 16.7 Å². The summed E-state index contributed by atoms with van der Waals surface area (Å²) in [5.74, 6) is -14.4. The molecule has 4 nitrogen and oxygen atoms in total. The molecule has 1 aliphatic carbocycles. The molecule has 4 rings (SSSR count). The topological polar surface area (TPSA) is 63.2 Å². The summed E-state index contributed by atoms with van der Waals surface area (Å²) in [5, 5.41) is 1.98. The lowest BCUT2D eigenvalue weighted by atomic mass is 9.83. The fourth-order valence-corrected chi connectivity index (χ4v) is 3.24. The highest BCUT2D eigenvalue weighted by Crippen LogP contribution is 2.32. The zero-order chi connectivity index (χ0) is 21.7. The van der Waals surface area contributed by atoms with Gasteiger partial charge < -0.3 is 5.32 Å². The van der Waals surface area contributed by atoms with Gasteiger partial charge in [-0.3, -0.25) is 14.4 Å². The molecule has 0 unspecified atom stereocenters. The number of rotatable bonds is 2. The van der Waals surface area contributed by atoms with E-state index in [4.69, 9.17) is 0 Å². The lowest BCUT2D eigenvalue weighted by molar-refractivity contribution is 0.0978. The Bertz CT molecular complexity index is 1260. The van der Waals surface area contributed by atoms with Crippen molar-refractivity contribution in [2.75, 3.05) is 5.32 Å². The minimum Gasteiger partial charge on any atom is -0.321 e. The second kappa shape index (κ2) is 6.87. The van der Waals surface area contributed by atoms with E-state index in [1.807, 2.05) is 5.32 Å². The van der Waals surface area contributed by atoms with Crippen LogP contribution in [-0.4, -0.2) is 17.5 Å². The van der Waals surface area contributed by atoms with Crippen LogP contribution in [0.25, 0.3) is 0 Å². The Hall–Kier alpha value is -3.88. The van der Waals surface area contributed by atoms with Gasteiger partial charge in [-0.2, -0.15) is 0 Å². The van der Waals surface area contributed by atoms with Crippen LogP contribution in [0.1, 0.15) is 42.2 Å². The summed E-state index contributed by atoms with van der Waals surface area (Å²) in [6, 6.07) is 9.70. The number of halogens is 5. The zero-order valence-electron chi connectivity index (χ0n) is 14.7. The molecule has 1 N–H and O–H groups in total. The Kier molecular flexibility index (Phi) is 4.45. The van der Waals surface area contributed by atoms with Crippen LogP contribution in [0, 0.1) is 29.1 Å². The minimum atomic E-state index is -2.41. The van der Waals surface area contributed by atoms with Gasteiger partial charge >= 0.3 is 0 Å². The first-order valence-electron chi connectivity index (χ1n) is 8.38. The van der Waals surface area contributed by atoms with Crippen molar-refractivity contribution in [2.24, 2.45) is 0 Å². The van der Waals surface area contributed by atoms with Crippen LogP contribution in [0.15, 0.2) is 42.5 Å². The highest BCUT2D eigenvalue weighted by molar-refractivity contribution is 6.30. The first-order chi connectivity index (χ1) is 14.2. The quantitative estimate of drug-likeness (QED) is 0.299. The maximum absolute atomic E-state index is 13.9. The standard InChI is InChI=1S/C21H8F5NO3/c22-14-13(15(23)17(25)18(26)16(14)24)21(30)27-11-7-3-6-10-12(11)20(29)9-5-2-1-4-8(9)19(10)28/h1-7H,(H,27,30). The number of hydrogen-bond acceptors (Lipinski definition) is 3. The lowest BCUT2D eigenvalue weighted by Gasteiger charge is -2.20. The molecule has 0 saturated carbocycles. The number of ketones is 2. The van der Waals surface area contributed by atoms with E-state index in [0.29, 0.717) is 0 Å². The van der Waals surface area contributed by atoms with E-state index in [2.05, 4.69) is 0 Å². The van der Waals surface area contributed by atoms with Crippen molar-refractivity contribution >= 4 is 23.2 Å². The molecular weight excluding hydrogens is 409 g/mol. The Morgan fingerprint density at radius 2 is 1.13 bits per heavy atom. The molecule has 0 heterocycles. The molecule has 0 atom stereocenters. The van der Waals surface area contributed by atoms with E-state index in [0.717, 1.165) is 0 Å². The van der Waals surface area contributed by atoms with Gasteiger partial charge in [-0.15, -0.1) is 0 Å².